The summed E-state index contributed by atoms with van der Waals surface area (Å²) in [4.78, 5) is 16.1. The number of hydrogen-bond donors (Lipinski definition) is 2. The molecule has 0 fully saturated rings. The fraction of sp³-hybridized carbons (Fsp3) is 0.385. The van der Waals surface area contributed by atoms with Crippen molar-refractivity contribution in [2.45, 2.75) is 6.04 Å². The summed E-state index contributed by atoms with van der Waals surface area (Å²) in [7, 11) is 3.17. The highest BCUT2D eigenvalue weighted by Crippen LogP contribution is 2.27. The lowest BCUT2D eigenvalue weighted by atomic mass is 10.1. The number of rotatable bonds is 5. The van der Waals surface area contributed by atoms with E-state index in [0.29, 0.717) is 23.1 Å². The first-order valence-corrected chi connectivity index (χ1v) is 7.44. The van der Waals surface area contributed by atoms with Crippen LogP contribution in [0, 0.1) is 0 Å². The van der Waals surface area contributed by atoms with Gasteiger partial charge < -0.3 is 9.47 Å². The van der Waals surface area contributed by atoms with Crippen molar-refractivity contribution >= 4 is 23.5 Å². The molecule has 0 saturated carbocycles. The van der Waals surface area contributed by atoms with E-state index in [2.05, 4.69) is 15.8 Å². The number of benzene rings is 1. The SMILES string of the molecule is COc1ccc(C2=NC(CSC)C(=O)NN2)cc1OC. The molecule has 1 unspecified atom stereocenters. The van der Waals surface area contributed by atoms with Crippen LogP contribution in [-0.4, -0.2) is 44.0 Å². The van der Waals surface area contributed by atoms with E-state index in [-0.39, 0.29) is 11.9 Å². The van der Waals surface area contributed by atoms with Gasteiger partial charge in [-0.1, -0.05) is 0 Å². The van der Waals surface area contributed by atoms with Crippen LogP contribution in [0.4, 0.5) is 0 Å². The van der Waals surface area contributed by atoms with E-state index in [0.717, 1.165) is 5.56 Å². The summed E-state index contributed by atoms with van der Waals surface area (Å²) < 4.78 is 10.5. The van der Waals surface area contributed by atoms with Crippen LogP contribution in [0.1, 0.15) is 5.56 Å². The van der Waals surface area contributed by atoms with Crippen LogP contribution in [0.3, 0.4) is 0 Å². The van der Waals surface area contributed by atoms with Gasteiger partial charge in [-0.15, -0.1) is 0 Å². The van der Waals surface area contributed by atoms with E-state index >= 15 is 0 Å². The number of amidine groups is 1. The monoisotopic (exact) mass is 295 g/mol. The van der Waals surface area contributed by atoms with Gasteiger partial charge in [-0.2, -0.15) is 11.8 Å². The van der Waals surface area contributed by atoms with Crippen LogP contribution in [0.15, 0.2) is 23.2 Å². The molecule has 0 radical (unpaired) electrons. The molecule has 1 aliphatic heterocycles. The standard InChI is InChI=1S/C13H17N3O3S/c1-18-10-5-4-8(6-11(10)19-2)12-14-9(7-20-3)13(17)16-15-12/h4-6,9H,7H2,1-3H3,(H,14,15)(H,16,17). The van der Waals surface area contributed by atoms with E-state index in [1.807, 2.05) is 18.4 Å². The molecule has 0 bridgehead atoms. The molecule has 6 nitrogen and oxygen atoms in total. The van der Waals surface area contributed by atoms with Gasteiger partial charge in [0.1, 0.15) is 11.9 Å². The number of carbonyl (C=O) groups excluding carboxylic acids is 1. The normalized spacial score (nSPS) is 17.9. The topological polar surface area (TPSA) is 72.0 Å². The first kappa shape index (κ1) is 14.5. The van der Waals surface area contributed by atoms with Gasteiger partial charge in [0.15, 0.2) is 11.5 Å². The minimum Gasteiger partial charge on any atom is -0.493 e. The number of methoxy groups -OCH3 is 2. The Morgan fingerprint density at radius 3 is 2.65 bits per heavy atom. The van der Waals surface area contributed by atoms with Gasteiger partial charge >= 0.3 is 0 Å². The Labute approximate surface area is 121 Å². The van der Waals surface area contributed by atoms with Gasteiger partial charge in [-0.25, -0.2) is 0 Å². The van der Waals surface area contributed by atoms with Crippen molar-refractivity contribution < 1.29 is 14.3 Å². The quantitative estimate of drug-likeness (QED) is 0.841. The average molecular weight is 295 g/mol. The zero-order valence-electron chi connectivity index (χ0n) is 11.6. The number of ether oxygens (including phenoxy) is 2. The molecule has 0 spiro atoms. The first-order chi connectivity index (χ1) is 9.69. The molecule has 0 aromatic heterocycles. The molecule has 1 heterocycles. The molecule has 7 heteroatoms. The molecule has 1 aromatic carbocycles. The second-order valence-corrected chi connectivity index (χ2v) is 5.04. The Balaban J connectivity index is 2.31. The molecule has 1 aliphatic rings. The van der Waals surface area contributed by atoms with E-state index in [1.54, 1.807) is 32.0 Å². The Hall–Kier alpha value is -1.89. The first-order valence-electron chi connectivity index (χ1n) is 6.04. The third-order valence-electron chi connectivity index (χ3n) is 2.87. The van der Waals surface area contributed by atoms with Crippen molar-refractivity contribution in [2.75, 3.05) is 26.2 Å². The lowest BCUT2D eigenvalue weighted by molar-refractivity contribution is -0.122. The molecule has 20 heavy (non-hydrogen) atoms. The van der Waals surface area contributed by atoms with Gasteiger partial charge in [0.05, 0.1) is 14.2 Å². The number of nitrogens with one attached hydrogen (secondary N) is 2. The Morgan fingerprint density at radius 2 is 2.00 bits per heavy atom. The number of thioether (sulfide) groups is 1. The number of amides is 1. The molecule has 0 saturated heterocycles. The number of hydrogen-bond acceptors (Lipinski definition) is 6. The molecule has 2 N–H and O–H groups in total. The molecule has 108 valence electrons. The Kier molecular flexibility index (Phi) is 4.73. The summed E-state index contributed by atoms with van der Waals surface area (Å²) in [6, 6.07) is 5.10. The highest BCUT2D eigenvalue weighted by molar-refractivity contribution is 7.98. The van der Waals surface area contributed by atoms with Crippen LogP contribution < -0.4 is 20.3 Å². The van der Waals surface area contributed by atoms with Crippen molar-refractivity contribution in [2.24, 2.45) is 4.99 Å². The van der Waals surface area contributed by atoms with E-state index < -0.39 is 0 Å². The third-order valence-corrected chi connectivity index (χ3v) is 3.52. The van der Waals surface area contributed by atoms with Crippen molar-refractivity contribution in [1.82, 2.24) is 10.9 Å². The third kappa shape index (κ3) is 2.98. The average Bonchev–Trinajstić information content (AvgIpc) is 2.49. The van der Waals surface area contributed by atoms with Crippen LogP contribution in [0.5, 0.6) is 11.5 Å². The van der Waals surface area contributed by atoms with Crippen molar-refractivity contribution in [3.05, 3.63) is 23.8 Å². The lowest BCUT2D eigenvalue weighted by Crippen LogP contribution is -2.52. The number of hydrazine groups is 1. The summed E-state index contributed by atoms with van der Waals surface area (Å²) >= 11 is 1.58. The lowest BCUT2D eigenvalue weighted by Gasteiger charge is -2.22. The fourth-order valence-electron chi connectivity index (χ4n) is 1.85. The number of aliphatic imine (C=N–C) groups is 1. The predicted molar refractivity (Wildman–Crippen MR) is 79.5 cm³/mol. The largest absolute Gasteiger partial charge is 0.493 e. The molecule has 1 atom stereocenters. The number of carbonyl (C=O) groups is 1. The van der Waals surface area contributed by atoms with E-state index in [4.69, 9.17) is 9.47 Å². The van der Waals surface area contributed by atoms with Crippen LogP contribution in [0.25, 0.3) is 0 Å². The zero-order valence-corrected chi connectivity index (χ0v) is 12.4. The van der Waals surface area contributed by atoms with Gasteiger partial charge in [-0.05, 0) is 24.5 Å². The van der Waals surface area contributed by atoms with Crippen LogP contribution in [-0.2, 0) is 4.79 Å². The molecule has 1 amide bonds. The van der Waals surface area contributed by atoms with Gasteiger partial charge in [0.25, 0.3) is 5.91 Å². The molecular formula is C13H17N3O3S. The highest BCUT2D eigenvalue weighted by Gasteiger charge is 2.23. The summed E-state index contributed by atoms with van der Waals surface area (Å²) in [6.45, 7) is 0. The van der Waals surface area contributed by atoms with E-state index in [9.17, 15) is 4.79 Å². The van der Waals surface area contributed by atoms with Gasteiger partial charge in [-0.3, -0.25) is 20.6 Å². The van der Waals surface area contributed by atoms with Crippen molar-refractivity contribution in [3.63, 3.8) is 0 Å². The highest BCUT2D eigenvalue weighted by atomic mass is 32.2. The summed E-state index contributed by atoms with van der Waals surface area (Å²) in [5, 5.41) is 0. The maximum absolute atomic E-state index is 11.6. The number of nitrogens with zero attached hydrogens (tertiary/aromatic N) is 1. The van der Waals surface area contributed by atoms with Gasteiger partial charge in [0, 0.05) is 11.3 Å². The predicted octanol–water partition coefficient (Wildman–Crippen LogP) is 0.816. The minimum absolute atomic E-state index is 0.122. The summed E-state index contributed by atoms with van der Waals surface area (Å²) in [5.74, 6) is 2.41. The van der Waals surface area contributed by atoms with Crippen molar-refractivity contribution in [1.29, 1.82) is 0 Å². The zero-order chi connectivity index (χ0) is 14.5. The fourth-order valence-corrected chi connectivity index (χ4v) is 2.39. The smallest absolute Gasteiger partial charge is 0.264 e. The molecule has 1 aromatic rings. The van der Waals surface area contributed by atoms with Crippen LogP contribution >= 0.6 is 11.8 Å². The maximum Gasteiger partial charge on any atom is 0.264 e. The van der Waals surface area contributed by atoms with E-state index in [1.165, 1.54) is 0 Å². The van der Waals surface area contributed by atoms with Crippen molar-refractivity contribution in [3.8, 4) is 11.5 Å². The summed E-state index contributed by atoms with van der Waals surface area (Å²) in [6.07, 6.45) is 1.95. The minimum atomic E-state index is -0.380. The molecule has 2 rings (SSSR count). The Morgan fingerprint density at radius 1 is 1.25 bits per heavy atom. The van der Waals surface area contributed by atoms with Gasteiger partial charge in [0.2, 0.25) is 0 Å². The molecule has 0 aliphatic carbocycles. The summed E-state index contributed by atoms with van der Waals surface area (Å²) in [5.41, 5.74) is 6.26. The Bertz CT molecular complexity index is 534. The maximum atomic E-state index is 11.6. The second kappa shape index (κ2) is 6.51. The second-order valence-electron chi connectivity index (χ2n) is 4.13. The molecular weight excluding hydrogens is 278 g/mol. The van der Waals surface area contributed by atoms with Crippen LogP contribution in [0.2, 0.25) is 0 Å².